The third kappa shape index (κ3) is 4.29. The Morgan fingerprint density at radius 1 is 1.08 bits per heavy atom. The van der Waals surface area contributed by atoms with Gasteiger partial charge in [-0.15, -0.1) is 0 Å². The Morgan fingerprint density at radius 3 is 2.17 bits per heavy atom. The summed E-state index contributed by atoms with van der Waals surface area (Å²) >= 11 is 0. The Morgan fingerprint density at radius 2 is 1.67 bits per heavy atom. The zero-order valence-corrected chi connectivity index (χ0v) is 13.8. The van der Waals surface area contributed by atoms with Crippen LogP contribution in [0.15, 0.2) is 48.5 Å². The van der Waals surface area contributed by atoms with Gasteiger partial charge in [-0.05, 0) is 47.7 Å². The van der Waals surface area contributed by atoms with Crippen molar-refractivity contribution < 1.29 is 9.72 Å². The van der Waals surface area contributed by atoms with Crippen LogP contribution >= 0.6 is 0 Å². The molecule has 5 heteroatoms. The molecule has 0 aromatic heterocycles. The maximum absolute atomic E-state index is 12.2. The van der Waals surface area contributed by atoms with E-state index in [-0.39, 0.29) is 11.6 Å². The minimum atomic E-state index is -0.450. The second-order valence-corrected chi connectivity index (χ2v) is 5.33. The van der Waals surface area contributed by atoms with E-state index in [1.54, 1.807) is 18.2 Å². The first-order chi connectivity index (χ1) is 11.5. The molecule has 2 rings (SSSR count). The van der Waals surface area contributed by atoms with Crippen molar-refractivity contribution in [3.8, 4) is 0 Å². The van der Waals surface area contributed by atoms with E-state index in [9.17, 15) is 14.9 Å². The molecule has 0 radical (unpaired) electrons. The number of aryl methyl sites for hydroxylation is 2. The molecule has 124 valence electrons. The lowest BCUT2D eigenvalue weighted by Gasteiger charge is -2.13. The van der Waals surface area contributed by atoms with E-state index < -0.39 is 4.92 Å². The molecule has 0 spiro atoms. The zero-order chi connectivity index (χ0) is 17.5. The van der Waals surface area contributed by atoms with Crippen molar-refractivity contribution >= 4 is 23.4 Å². The zero-order valence-electron chi connectivity index (χ0n) is 13.8. The summed E-state index contributed by atoms with van der Waals surface area (Å²) in [5.41, 5.74) is 3.84. The highest BCUT2D eigenvalue weighted by atomic mass is 16.6. The number of para-hydroxylation sites is 1. The highest BCUT2D eigenvalue weighted by molar-refractivity contribution is 6.02. The van der Waals surface area contributed by atoms with E-state index in [4.69, 9.17) is 0 Å². The molecule has 1 N–H and O–H groups in total. The van der Waals surface area contributed by atoms with Gasteiger partial charge in [-0.25, -0.2) is 0 Å². The molecule has 0 saturated heterocycles. The smallest absolute Gasteiger partial charge is 0.269 e. The minimum absolute atomic E-state index is 0.0288. The highest BCUT2D eigenvalue weighted by Gasteiger charge is 2.08. The Kier molecular flexibility index (Phi) is 5.84. The van der Waals surface area contributed by atoms with Crippen LogP contribution in [0, 0.1) is 10.1 Å². The molecule has 5 nitrogen and oxygen atoms in total. The van der Waals surface area contributed by atoms with Crippen LogP contribution in [0.5, 0.6) is 0 Å². The van der Waals surface area contributed by atoms with Crippen molar-refractivity contribution in [2.24, 2.45) is 0 Å². The molecule has 0 unspecified atom stereocenters. The Balaban J connectivity index is 2.12. The second kappa shape index (κ2) is 8.06. The summed E-state index contributed by atoms with van der Waals surface area (Å²) in [6, 6.07) is 12.1. The number of benzene rings is 2. The number of carbonyl (C=O) groups excluding carboxylic acids is 1. The first-order valence-corrected chi connectivity index (χ1v) is 7.89. The number of hydrogen-bond acceptors (Lipinski definition) is 3. The van der Waals surface area contributed by atoms with Gasteiger partial charge >= 0.3 is 0 Å². The number of nitrogens with one attached hydrogen (secondary N) is 1. The predicted octanol–water partition coefficient (Wildman–Crippen LogP) is 4.37. The van der Waals surface area contributed by atoms with Crippen molar-refractivity contribution in [2.45, 2.75) is 26.7 Å². The predicted molar refractivity (Wildman–Crippen MR) is 96.0 cm³/mol. The van der Waals surface area contributed by atoms with Gasteiger partial charge in [-0.3, -0.25) is 14.9 Å². The first-order valence-electron chi connectivity index (χ1n) is 7.89. The molecule has 0 aliphatic heterocycles. The van der Waals surface area contributed by atoms with Crippen LogP contribution in [0.4, 0.5) is 11.4 Å². The average Bonchev–Trinajstić information content (AvgIpc) is 2.60. The lowest BCUT2D eigenvalue weighted by Crippen LogP contribution is -2.11. The fourth-order valence-corrected chi connectivity index (χ4v) is 2.45. The number of anilines is 1. The van der Waals surface area contributed by atoms with Crippen molar-refractivity contribution in [1.29, 1.82) is 0 Å². The molecule has 24 heavy (non-hydrogen) atoms. The number of rotatable bonds is 6. The summed E-state index contributed by atoms with van der Waals surface area (Å²) < 4.78 is 0. The Labute approximate surface area is 141 Å². The average molecular weight is 324 g/mol. The molecule has 0 saturated carbocycles. The van der Waals surface area contributed by atoms with Crippen LogP contribution in [-0.2, 0) is 17.6 Å². The fraction of sp³-hybridized carbons (Fsp3) is 0.211. The lowest BCUT2D eigenvalue weighted by molar-refractivity contribution is -0.384. The van der Waals surface area contributed by atoms with E-state index >= 15 is 0 Å². The number of nitro groups is 1. The third-order valence-corrected chi connectivity index (χ3v) is 3.78. The second-order valence-electron chi connectivity index (χ2n) is 5.33. The lowest BCUT2D eigenvalue weighted by atomic mass is 10.0. The monoisotopic (exact) mass is 324 g/mol. The normalized spacial score (nSPS) is 10.8. The molecular weight excluding hydrogens is 304 g/mol. The molecule has 2 aromatic carbocycles. The summed E-state index contributed by atoms with van der Waals surface area (Å²) in [4.78, 5) is 22.4. The summed E-state index contributed by atoms with van der Waals surface area (Å²) in [7, 11) is 0. The molecule has 0 aliphatic carbocycles. The molecule has 0 aliphatic rings. The van der Waals surface area contributed by atoms with Gasteiger partial charge in [0.1, 0.15) is 0 Å². The summed E-state index contributed by atoms with van der Waals surface area (Å²) in [6.07, 6.45) is 4.76. The van der Waals surface area contributed by atoms with Gasteiger partial charge in [0.2, 0.25) is 5.91 Å². The number of carbonyl (C=O) groups is 1. The van der Waals surface area contributed by atoms with Crippen LogP contribution < -0.4 is 5.32 Å². The van der Waals surface area contributed by atoms with Gasteiger partial charge in [0.05, 0.1) is 4.92 Å². The number of amides is 1. The van der Waals surface area contributed by atoms with Crippen LogP contribution in [0.1, 0.15) is 30.5 Å². The van der Waals surface area contributed by atoms with Gasteiger partial charge in [0.25, 0.3) is 5.69 Å². The van der Waals surface area contributed by atoms with Gasteiger partial charge in [0.15, 0.2) is 0 Å². The number of hydrogen-bond donors (Lipinski definition) is 1. The Bertz CT molecular complexity index is 742. The molecular formula is C19H20N2O3. The van der Waals surface area contributed by atoms with E-state index in [1.165, 1.54) is 18.2 Å². The molecule has 0 fully saturated rings. The Hall–Kier alpha value is -2.95. The number of non-ortho nitro benzene ring substituents is 1. The number of nitrogens with zero attached hydrogens (tertiary/aromatic N) is 1. The van der Waals surface area contributed by atoms with Crippen molar-refractivity contribution in [3.63, 3.8) is 0 Å². The number of nitro benzene ring substituents is 1. The SMILES string of the molecule is CCc1cccc(CC)c1NC(=O)/C=C/c1ccc([N+](=O)[O-])cc1. The van der Waals surface area contributed by atoms with E-state index in [2.05, 4.69) is 19.2 Å². The molecule has 0 heterocycles. The summed E-state index contributed by atoms with van der Waals surface area (Å²) in [6.45, 7) is 4.11. The minimum Gasteiger partial charge on any atom is -0.322 e. The van der Waals surface area contributed by atoms with Crippen molar-refractivity contribution in [3.05, 3.63) is 75.3 Å². The van der Waals surface area contributed by atoms with Crippen molar-refractivity contribution in [2.75, 3.05) is 5.32 Å². The maximum Gasteiger partial charge on any atom is 0.269 e. The summed E-state index contributed by atoms with van der Waals surface area (Å²) in [5.74, 6) is -0.219. The van der Waals surface area contributed by atoms with Gasteiger partial charge in [-0.1, -0.05) is 32.0 Å². The van der Waals surface area contributed by atoms with E-state index in [1.807, 2.05) is 18.2 Å². The van der Waals surface area contributed by atoms with Crippen molar-refractivity contribution in [1.82, 2.24) is 0 Å². The third-order valence-electron chi connectivity index (χ3n) is 3.78. The van der Waals surface area contributed by atoms with Gasteiger partial charge in [-0.2, -0.15) is 0 Å². The topological polar surface area (TPSA) is 72.2 Å². The van der Waals surface area contributed by atoms with E-state index in [0.717, 1.165) is 35.2 Å². The molecule has 1 amide bonds. The maximum atomic E-state index is 12.2. The van der Waals surface area contributed by atoms with Gasteiger partial charge in [0, 0.05) is 23.9 Å². The van der Waals surface area contributed by atoms with Gasteiger partial charge < -0.3 is 5.32 Å². The van der Waals surface area contributed by atoms with Crippen LogP contribution in [0.2, 0.25) is 0 Å². The molecule has 0 atom stereocenters. The molecule has 2 aromatic rings. The highest BCUT2D eigenvalue weighted by Crippen LogP contribution is 2.22. The fourth-order valence-electron chi connectivity index (χ4n) is 2.45. The summed E-state index contributed by atoms with van der Waals surface area (Å²) in [5, 5.41) is 13.6. The van der Waals surface area contributed by atoms with Crippen LogP contribution in [0.25, 0.3) is 6.08 Å². The quantitative estimate of drug-likeness (QED) is 0.487. The van der Waals surface area contributed by atoms with Crippen LogP contribution in [0.3, 0.4) is 0 Å². The standard InChI is InChI=1S/C19H20N2O3/c1-3-15-6-5-7-16(4-2)19(15)20-18(22)13-10-14-8-11-17(12-9-14)21(23)24/h5-13H,3-4H2,1-2H3,(H,20,22)/b13-10+. The van der Waals surface area contributed by atoms with Crippen LogP contribution in [-0.4, -0.2) is 10.8 Å². The largest absolute Gasteiger partial charge is 0.322 e. The first kappa shape index (κ1) is 17.4. The van der Waals surface area contributed by atoms with E-state index in [0.29, 0.717) is 0 Å². The molecule has 0 bridgehead atoms.